The first kappa shape index (κ1) is 27.4. The number of carbonyl (C=O) groups excluding carboxylic acids is 1. The summed E-state index contributed by atoms with van der Waals surface area (Å²) in [4.78, 5) is 51.3. The zero-order valence-electron chi connectivity index (χ0n) is 21.0. The number of hydrogen-bond acceptors (Lipinski definition) is 5. The van der Waals surface area contributed by atoms with Gasteiger partial charge in [0.25, 0.3) is 5.56 Å². The Labute approximate surface area is 228 Å². The topological polar surface area (TPSA) is 120 Å². The summed E-state index contributed by atoms with van der Waals surface area (Å²) in [5.41, 5.74) is 1.01. The summed E-state index contributed by atoms with van der Waals surface area (Å²) in [5, 5.41) is 12.5. The minimum atomic E-state index is -1.23. The molecule has 39 heavy (non-hydrogen) atoms. The molecule has 0 spiro atoms. The maximum Gasteiger partial charge on any atom is 0.332 e. The predicted octanol–water partition coefficient (Wildman–Crippen LogP) is 3.20. The molecule has 0 saturated carbocycles. The van der Waals surface area contributed by atoms with Crippen LogP contribution in [-0.2, 0) is 29.1 Å². The van der Waals surface area contributed by atoms with E-state index in [4.69, 9.17) is 16.3 Å². The van der Waals surface area contributed by atoms with E-state index < -0.39 is 35.7 Å². The molecule has 0 aliphatic rings. The fourth-order valence-electron chi connectivity index (χ4n) is 4.12. The van der Waals surface area contributed by atoms with Gasteiger partial charge in [0.05, 0.1) is 19.3 Å². The molecule has 4 rings (SSSR count). The number of halogens is 1. The van der Waals surface area contributed by atoms with E-state index in [1.807, 2.05) is 0 Å². The van der Waals surface area contributed by atoms with Gasteiger partial charge >= 0.3 is 11.7 Å². The number of aromatic nitrogens is 2. The summed E-state index contributed by atoms with van der Waals surface area (Å²) in [5.74, 6) is -1.35. The molecular formula is C29H26ClN3O6. The molecule has 4 aromatic rings. The quantitative estimate of drug-likeness (QED) is 0.315. The van der Waals surface area contributed by atoms with Gasteiger partial charge in [-0.15, -0.1) is 0 Å². The third kappa shape index (κ3) is 6.82. The predicted molar refractivity (Wildman–Crippen MR) is 147 cm³/mol. The number of carbonyl (C=O) groups is 2. The molecule has 1 aromatic heterocycles. The van der Waals surface area contributed by atoms with Crippen molar-refractivity contribution in [2.45, 2.75) is 25.6 Å². The van der Waals surface area contributed by atoms with Crippen LogP contribution in [0.4, 0.5) is 0 Å². The molecule has 2 N–H and O–H groups in total. The zero-order valence-corrected chi connectivity index (χ0v) is 21.8. The van der Waals surface area contributed by atoms with Crippen LogP contribution >= 0.6 is 11.6 Å². The van der Waals surface area contributed by atoms with E-state index in [1.54, 1.807) is 86.0 Å². The van der Waals surface area contributed by atoms with Gasteiger partial charge in [-0.05, 0) is 41.0 Å². The van der Waals surface area contributed by atoms with Crippen molar-refractivity contribution < 1.29 is 19.4 Å². The third-order valence-corrected chi connectivity index (χ3v) is 6.39. The Hall–Kier alpha value is -4.63. The lowest BCUT2D eigenvalue weighted by molar-refractivity contribution is -0.141. The van der Waals surface area contributed by atoms with Crippen molar-refractivity contribution in [2.24, 2.45) is 0 Å². The monoisotopic (exact) mass is 547 g/mol. The Morgan fingerprint density at radius 2 is 1.59 bits per heavy atom. The first-order valence-corrected chi connectivity index (χ1v) is 12.4. The number of benzene rings is 3. The molecule has 3 aromatic carbocycles. The van der Waals surface area contributed by atoms with Gasteiger partial charge in [0.2, 0.25) is 5.91 Å². The Kier molecular flexibility index (Phi) is 8.63. The minimum Gasteiger partial charge on any atom is -0.497 e. The van der Waals surface area contributed by atoms with Crippen LogP contribution in [0.25, 0.3) is 11.3 Å². The number of amides is 1. The van der Waals surface area contributed by atoms with Gasteiger partial charge < -0.3 is 15.2 Å². The largest absolute Gasteiger partial charge is 0.497 e. The standard InChI is InChI=1S/C29H26ClN3O6/c1-39-23-13-7-20(8-14-23)17-32-25(21-9-11-22(30)12-10-21)16-27(35)33(29(32)38)18-26(34)31-24(28(36)37)15-19-5-3-2-4-6-19/h2-14,16,24H,15,17-18H2,1H3,(H,31,34)(H,36,37). The number of ether oxygens (including phenoxy) is 1. The second-order valence-corrected chi connectivity index (χ2v) is 9.26. The molecule has 9 nitrogen and oxygen atoms in total. The Morgan fingerprint density at radius 1 is 0.923 bits per heavy atom. The van der Waals surface area contributed by atoms with Crippen LogP contribution < -0.4 is 21.3 Å². The normalized spacial score (nSPS) is 11.5. The highest BCUT2D eigenvalue weighted by atomic mass is 35.5. The second-order valence-electron chi connectivity index (χ2n) is 8.83. The van der Waals surface area contributed by atoms with E-state index in [-0.39, 0.29) is 13.0 Å². The first-order chi connectivity index (χ1) is 18.7. The highest BCUT2D eigenvalue weighted by Gasteiger charge is 2.22. The van der Waals surface area contributed by atoms with Crippen molar-refractivity contribution in [2.75, 3.05) is 7.11 Å². The molecule has 0 fully saturated rings. The lowest BCUT2D eigenvalue weighted by Gasteiger charge is -2.18. The van der Waals surface area contributed by atoms with Crippen molar-refractivity contribution in [3.05, 3.63) is 122 Å². The van der Waals surface area contributed by atoms with Crippen LogP contribution in [0.15, 0.2) is 94.5 Å². The summed E-state index contributed by atoms with van der Waals surface area (Å²) < 4.78 is 7.38. The first-order valence-electron chi connectivity index (χ1n) is 12.0. The molecule has 1 heterocycles. The molecule has 0 bridgehead atoms. The van der Waals surface area contributed by atoms with Crippen molar-refractivity contribution in [1.29, 1.82) is 0 Å². The Morgan fingerprint density at radius 3 is 2.21 bits per heavy atom. The number of nitrogens with one attached hydrogen (secondary N) is 1. The smallest absolute Gasteiger partial charge is 0.332 e. The van der Waals surface area contributed by atoms with E-state index in [0.29, 0.717) is 22.0 Å². The molecule has 1 unspecified atom stereocenters. The number of rotatable bonds is 10. The van der Waals surface area contributed by atoms with Crippen LogP contribution in [0.2, 0.25) is 5.02 Å². The molecule has 0 aliphatic heterocycles. The number of nitrogens with zero attached hydrogens (tertiary/aromatic N) is 2. The van der Waals surface area contributed by atoms with E-state index in [0.717, 1.165) is 15.7 Å². The summed E-state index contributed by atoms with van der Waals surface area (Å²) in [6.45, 7) is -0.534. The van der Waals surface area contributed by atoms with Crippen LogP contribution in [0.5, 0.6) is 5.75 Å². The third-order valence-electron chi connectivity index (χ3n) is 6.14. The summed E-state index contributed by atoms with van der Waals surface area (Å²) in [7, 11) is 1.55. The van der Waals surface area contributed by atoms with Crippen LogP contribution in [-0.4, -0.2) is 39.3 Å². The number of carboxylic acid groups (broad SMARTS) is 1. The number of methoxy groups -OCH3 is 1. The van der Waals surface area contributed by atoms with Crippen molar-refractivity contribution in [3.8, 4) is 17.0 Å². The lowest BCUT2D eigenvalue weighted by Crippen LogP contribution is -2.48. The molecule has 0 radical (unpaired) electrons. The van der Waals surface area contributed by atoms with Crippen LogP contribution in [0.3, 0.4) is 0 Å². The molecule has 10 heteroatoms. The van der Waals surface area contributed by atoms with Gasteiger partial charge in [-0.3, -0.25) is 18.7 Å². The molecule has 1 atom stereocenters. The van der Waals surface area contributed by atoms with E-state index in [9.17, 15) is 24.3 Å². The molecule has 200 valence electrons. The fourth-order valence-corrected chi connectivity index (χ4v) is 4.25. The molecule has 0 aliphatic carbocycles. The van der Waals surface area contributed by atoms with Gasteiger partial charge in [0, 0.05) is 17.5 Å². The van der Waals surface area contributed by atoms with Gasteiger partial charge in [-0.1, -0.05) is 66.2 Å². The second kappa shape index (κ2) is 12.3. The van der Waals surface area contributed by atoms with Gasteiger partial charge in [-0.2, -0.15) is 0 Å². The lowest BCUT2D eigenvalue weighted by atomic mass is 10.1. The summed E-state index contributed by atoms with van der Waals surface area (Å²) in [6.07, 6.45) is 0.0496. The van der Waals surface area contributed by atoms with Gasteiger partial charge in [-0.25, -0.2) is 9.59 Å². The van der Waals surface area contributed by atoms with E-state index in [2.05, 4.69) is 5.32 Å². The average molecular weight is 548 g/mol. The maximum absolute atomic E-state index is 13.6. The number of hydrogen-bond donors (Lipinski definition) is 2. The van der Waals surface area contributed by atoms with Crippen molar-refractivity contribution >= 4 is 23.5 Å². The van der Waals surface area contributed by atoms with Gasteiger partial charge in [0.15, 0.2) is 0 Å². The summed E-state index contributed by atoms with van der Waals surface area (Å²) in [6, 6.07) is 22.7. The fraction of sp³-hybridized carbons (Fsp3) is 0.172. The molecule has 1 amide bonds. The van der Waals surface area contributed by atoms with Crippen molar-refractivity contribution in [3.63, 3.8) is 0 Å². The van der Waals surface area contributed by atoms with Gasteiger partial charge in [0.1, 0.15) is 18.3 Å². The zero-order chi connectivity index (χ0) is 27.9. The van der Waals surface area contributed by atoms with Crippen LogP contribution in [0, 0.1) is 0 Å². The Balaban J connectivity index is 1.67. The molecular weight excluding hydrogens is 522 g/mol. The van der Waals surface area contributed by atoms with Crippen molar-refractivity contribution in [1.82, 2.24) is 14.5 Å². The number of carboxylic acids is 1. The Bertz CT molecular complexity index is 1580. The minimum absolute atomic E-state index is 0.0496. The maximum atomic E-state index is 13.6. The summed E-state index contributed by atoms with van der Waals surface area (Å²) >= 11 is 6.02. The van der Waals surface area contributed by atoms with E-state index in [1.165, 1.54) is 10.6 Å². The highest BCUT2D eigenvalue weighted by molar-refractivity contribution is 6.30. The SMILES string of the molecule is COc1ccc(Cn2c(-c3ccc(Cl)cc3)cc(=O)n(CC(=O)NC(Cc3ccccc3)C(=O)O)c2=O)cc1. The average Bonchev–Trinajstić information content (AvgIpc) is 2.93. The van der Waals surface area contributed by atoms with Crippen LogP contribution in [0.1, 0.15) is 11.1 Å². The molecule has 0 saturated heterocycles. The highest BCUT2D eigenvalue weighted by Crippen LogP contribution is 2.21. The number of aliphatic carboxylic acids is 1. The van der Waals surface area contributed by atoms with E-state index >= 15 is 0 Å².